The molecule has 7 nitrogen and oxygen atoms in total. The van der Waals surface area contributed by atoms with Gasteiger partial charge in [-0.2, -0.15) is 13.7 Å². The predicted octanol–water partition coefficient (Wildman–Crippen LogP) is 5.97. The van der Waals surface area contributed by atoms with E-state index >= 15 is 0 Å². The fourth-order valence-electron chi connectivity index (χ4n) is 3.17. The zero-order valence-corrected chi connectivity index (χ0v) is 21.3. The number of hydrogen-bond donors (Lipinski definition) is 0. The van der Waals surface area contributed by atoms with Crippen LogP contribution in [0.25, 0.3) is 22.7 Å². The highest BCUT2D eigenvalue weighted by Gasteiger charge is 2.22. The lowest BCUT2D eigenvalue weighted by Crippen LogP contribution is -2.12. The lowest BCUT2D eigenvalue weighted by molar-refractivity contribution is 0.327. The largest absolute Gasteiger partial charge is 0.490 e. The van der Waals surface area contributed by atoms with Crippen molar-refractivity contribution in [2.45, 2.75) is 18.7 Å². The van der Waals surface area contributed by atoms with Crippen molar-refractivity contribution >= 4 is 55.5 Å². The summed E-state index contributed by atoms with van der Waals surface area (Å²) in [7, 11) is -4.07. The van der Waals surface area contributed by atoms with Crippen LogP contribution in [0.15, 0.2) is 70.0 Å². The number of aryl methyl sites for hydroxylation is 1. The normalized spacial score (nSPS) is 11.9. The van der Waals surface area contributed by atoms with Gasteiger partial charge in [0.25, 0.3) is 0 Å². The molecule has 0 unspecified atom stereocenters. The Morgan fingerprint density at radius 2 is 1.91 bits per heavy atom. The van der Waals surface area contributed by atoms with E-state index in [-0.39, 0.29) is 27.9 Å². The molecule has 3 aromatic carbocycles. The predicted molar refractivity (Wildman–Crippen MR) is 137 cm³/mol. The maximum atomic E-state index is 12.8. The minimum Gasteiger partial charge on any atom is -0.490 e. The molecule has 0 N–H and O–H groups in total. The van der Waals surface area contributed by atoms with E-state index in [0.717, 1.165) is 5.56 Å². The summed E-state index contributed by atoms with van der Waals surface area (Å²) in [6, 6.07) is 19.1. The van der Waals surface area contributed by atoms with E-state index in [0.29, 0.717) is 26.8 Å². The van der Waals surface area contributed by atoms with Gasteiger partial charge in [0, 0.05) is 0 Å². The van der Waals surface area contributed by atoms with Crippen LogP contribution in [0.2, 0.25) is 0 Å². The van der Waals surface area contributed by atoms with E-state index in [4.69, 9.17) is 13.3 Å². The molecule has 1 heterocycles. The average Bonchev–Trinajstić information content (AvgIpc) is 3.24. The summed E-state index contributed by atoms with van der Waals surface area (Å²) in [6.07, 6.45) is 1.60. The van der Waals surface area contributed by atoms with Crippen molar-refractivity contribution in [3.05, 3.63) is 81.3 Å². The molecule has 0 bridgehead atoms. The first-order chi connectivity index (χ1) is 16.3. The maximum absolute atomic E-state index is 12.8. The van der Waals surface area contributed by atoms with Crippen molar-refractivity contribution in [3.63, 3.8) is 0 Å². The molecule has 172 valence electrons. The van der Waals surface area contributed by atoms with Gasteiger partial charge < -0.3 is 13.3 Å². The maximum Gasteiger partial charge on any atom is 0.339 e. The molecule has 9 heteroatoms. The zero-order chi connectivity index (χ0) is 24.3. The van der Waals surface area contributed by atoms with E-state index in [9.17, 15) is 13.7 Å². The lowest BCUT2D eigenvalue weighted by atomic mass is 10.1. The van der Waals surface area contributed by atoms with Crippen molar-refractivity contribution in [1.82, 2.24) is 4.98 Å². The highest BCUT2D eigenvalue weighted by atomic mass is 127. The molecule has 4 aromatic rings. The molecule has 0 saturated heterocycles. The quantitative estimate of drug-likeness (QED) is 0.149. The summed E-state index contributed by atoms with van der Waals surface area (Å²) < 4.78 is 43.1. The topological polar surface area (TPSA) is 102 Å². The first kappa shape index (κ1) is 23.8. The van der Waals surface area contributed by atoms with Crippen molar-refractivity contribution in [2.75, 3.05) is 6.61 Å². The lowest BCUT2D eigenvalue weighted by Gasteiger charge is -2.14. The van der Waals surface area contributed by atoms with Crippen LogP contribution in [0, 0.1) is 21.8 Å². The highest BCUT2D eigenvalue weighted by molar-refractivity contribution is 14.1. The smallest absolute Gasteiger partial charge is 0.339 e. The number of oxazole rings is 1. The Labute approximate surface area is 210 Å². The van der Waals surface area contributed by atoms with Crippen LogP contribution < -0.4 is 8.92 Å². The van der Waals surface area contributed by atoms with E-state index in [1.165, 1.54) is 12.1 Å². The van der Waals surface area contributed by atoms with Gasteiger partial charge in [-0.15, -0.1) is 0 Å². The monoisotopic (exact) mass is 586 g/mol. The van der Waals surface area contributed by atoms with Gasteiger partial charge in [0.2, 0.25) is 5.89 Å². The molecular formula is C25H19IN2O5S. The number of halogens is 1. The summed E-state index contributed by atoms with van der Waals surface area (Å²) in [6.45, 7) is 3.95. The van der Waals surface area contributed by atoms with Crippen molar-refractivity contribution in [3.8, 4) is 17.6 Å². The minimum atomic E-state index is -4.07. The molecule has 34 heavy (non-hydrogen) atoms. The van der Waals surface area contributed by atoms with Gasteiger partial charge in [-0.1, -0.05) is 29.8 Å². The zero-order valence-electron chi connectivity index (χ0n) is 18.3. The number of aromatic nitrogens is 1. The molecular weight excluding hydrogens is 567 g/mol. The molecule has 0 aliphatic carbocycles. The van der Waals surface area contributed by atoms with Gasteiger partial charge >= 0.3 is 10.1 Å². The van der Waals surface area contributed by atoms with E-state index in [1.54, 1.807) is 49.4 Å². The number of ether oxygens (including phenoxy) is 1. The van der Waals surface area contributed by atoms with E-state index in [1.807, 2.05) is 41.6 Å². The molecule has 1 aromatic heterocycles. The van der Waals surface area contributed by atoms with Gasteiger partial charge in [-0.25, -0.2) is 4.98 Å². The molecule has 0 saturated carbocycles. The van der Waals surface area contributed by atoms with Crippen LogP contribution in [0.3, 0.4) is 0 Å². The highest BCUT2D eigenvalue weighted by Crippen LogP contribution is 2.37. The fraction of sp³-hybridized carbons (Fsp3) is 0.120. The molecule has 0 atom stereocenters. The molecule has 0 amide bonds. The number of rotatable bonds is 7. The molecule has 0 aliphatic heterocycles. The van der Waals surface area contributed by atoms with Gasteiger partial charge in [-0.3, -0.25) is 0 Å². The third-order valence-corrected chi connectivity index (χ3v) is 6.83. The number of para-hydroxylation sites is 2. The van der Waals surface area contributed by atoms with Gasteiger partial charge in [0.05, 0.1) is 10.2 Å². The Bertz CT molecular complexity index is 1500. The van der Waals surface area contributed by atoms with Gasteiger partial charge in [-0.05, 0) is 84.5 Å². The second-order valence-corrected chi connectivity index (χ2v) is 9.98. The molecule has 0 aliphatic rings. The van der Waals surface area contributed by atoms with Crippen LogP contribution in [-0.2, 0) is 10.1 Å². The Kier molecular flexibility index (Phi) is 6.90. The number of hydrogen-bond acceptors (Lipinski definition) is 7. The standard InChI is InChI=1S/C25H19IN2O5S/c1-3-31-23-14-17(12-18(15-27)25-28-21-6-4-5-7-22(21)32-25)13-20(26)24(23)33-34(29,30)19-10-8-16(2)9-11-19/h4-14H,3H2,1-2H3/b18-12+. The molecule has 0 fully saturated rings. The third-order valence-electron chi connectivity index (χ3n) is 4.79. The number of nitrogens with zero attached hydrogens (tertiary/aromatic N) is 2. The van der Waals surface area contributed by atoms with Gasteiger partial charge in [0.1, 0.15) is 22.1 Å². The Hall–Kier alpha value is -3.36. The first-order valence-electron chi connectivity index (χ1n) is 10.3. The fourth-order valence-corrected chi connectivity index (χ4v) is 5.02. The first-order valence-corrected chi connectivity index (χ1v) is 12.7. The van der Waals surface area contributed by atoms with Crippen LogP contribution in [0.4, 0.5) is 0 Å². The minimum absolute atomic E-state index is 0.0445. The van der Waals surface area contributed by atoms with Gasteiger partial charge in [0.15, 0.2) is 17.1 Å². The summed E-state index contributed by atoms with van der Waals surface area (Å²) in [5.41, 5.74) is 2.98. The van der Waals surface area contributed by atoms with Crippen LogP contribution in [-0.4, -0.2) is 20.0 Å². The number of allylic oxidation sites excluding steroid dienone is 1. The summed E-state index contributed by atoms with van der Waals surface area (Å²) >= 11 is 1.98. The average molecular weight is 586 g/mol. The Morgan fingerprint density at radius 1 is 1.18 bits per heavy atom. The van der Waals surface area contributed by atoms with Crippen LogP contribution >= 0.6 is 22.6 Å². The summed E-state index contributed by atoms with van der Waals surface area (Å²) in [5, 5.41) is 9.71. The second kappa shape index (κ2) is 9.87. The van der Waals surface area contributed by atoms with Crippen molar-refractivity contribution < 1.29 is 21.8 Å². The van der Waals surface area contributed by atoms with Crippen molar-refractivity contribution in [2.24, 2.45) is 0 Å². The van der Waals surface area contributed by atoms with Crippen LogP contribution in [0.1, 0.15) is 23.9 Å². The summed E-state index contributed by atoms with van der Waals surface area (Å²) in [4.78, 5) is 4.42. The number of benzene rings is 3. The summed E-state index contributed by atoms with van der Waals surface area (Å²) in [5.74, 6) is 0.519. The van der Waals surface area contributed by atoms with Crippen LogP contribution in [0.5, 0.6) is 11.5 Å². The third kappa shape index (κ3) is 5.08. The Morgan fingerprint density at radius 3 is 2.59 bits per heavy atom. The Balaban J connectivity index is 1.73. The number of nitriles is 1. The SMILES string of the molecule is CCOc1cc(/C=C(\C#N)c2nc3ccccc3o2)cc(I)c1OS(=O)(=O)c1ccc(C)cc1. The molecule has 0 radical (unpaired) electrons. The van der Waals surface area contributed by atoms with E-state index in [2.05, 4.69) is 11.1 Å². The molecule has 0 spiro atoms. The van der Waals surface area contributed by atoms with Crippen molar-refractivity contribution in [1.29, 1.82) is 5.26 Å². The number of fused-ring (bicyclic) bond motifs is 1. The van der Waals surface area contributed by atoms with E-state index < -0.39 is 10.1 Å². The molecule has 4 rings (SSSR count). The second-order valence-electron chi connectivity index (χ2n) is 7.27.